The second kappa shape index (κ2) is 33.8. The van der Waals surface area contributed by atoms with E-state index in [1.165, 1.54) is 44.8 Å². The van der Waals surface area contributed by atoms with E-state index in [1.807, 2.05) is 109 Å². The number of methoxy groups -OCH3 is 2. The van der Waals surface area contributed by atoms with Crippen LogP contribution in [0.3, 0.4) is 0 Å². The lowest BCUT2D eigenvalue weighted by molar-refractivity contribution is 0.0872. The number of aliphatic imine (C=N–C) groups is 2. The van der Waals surface area contributed by atoms with E-state index in [2.05, 4.69) is 141 Å². The molecule has 22 heteroatoms. The molecule has 6 aromatic carbocycles. The van der Waals surface area contributed by atoms with Crippen LogP contribution in [0.15, 0.2) is 144 Å². The summed E-state index contributed by atoms with van der Waals surface area (Å²) in [6, 6.07) is 44.0. The lowest BCUT2D eigenvalue weighted by Crippen LogP contribution is -2.33. The van der Waals surface area contributed by atoms with Crippen LogP contribution < -0.4 is 24.8 Å². The Hall–Kier alpha value is -9.51. The fraction of sp³-hybridized carbons (Fsp3) is 0.354. The van der Waals surface area contributed by atoms with Gasteiger partial charge in [-0.3, -0.25) is 14.9 Å². The number of ether oxygens (including phenoxy) is 5. The first-order valence-corrected chi connectivity index (χ1v) is 36.8. The van der Waals surface area contributed by atoms with Crippen molar-refractivity contribution in [3.8, 4) is 98.9 Å². The number of fused-ring (bicyclic) bond motifs is 3. The minimum Gasteiger partial charge on any atom is -0.490 e. The molecule has 0 unspecified atom stereocenters. The number of benzene rings is 6. The molecule has 0 radical (unpaired) electrons. The maximum Gasteiger partial charge on any atom is 0.148 e. The van der Waals surface area contributed by atoms with Gasteiger partial charge in [-0.15, -0.1) is 30.6 Å². The van der Waals surface area contributed by atoms with E-state index in [4.69, 9.17) is 23.7 Å². The largest absolute Gasteiger partial charge is 0.490 e. The summed E-state index contributed by atoms with van der Waals surface area (Å²) in [5.74, 6) is 1.79. The number of rotatable bonds is 25. The first kappa shape index (κ1) is 71.3. The topological polar surface area (TPSA) is 247 Å². The maximum atomic E-state index is 9.59. The maximum absolute atomic E-state index is 9.59. The van der Waals surface area contributed by atoms with Crippen LogP contribution in [-0.4, -0.2) is 119 Å². The molecule has 3 aromatic heterocycles. The highest BCUT2D eigenvalue weighted by atomic mass is 32.1. The molecule has 5 heterocycles. The standard InChI is InChI=1S/C27H32N4O3S.2C26H25N5OS/c1-18(2)34-25-11-8-19(16-20(25)17-28)26-29-30-27(35-26)23-7-5-6-22-21(23)9-10-24(22)31(12-14-32-3)13-15-33-4;2*1-16(2)32-24-11-8-17(13-18(24)14-27)25-30-31-26(33-25)22-7-3-6-21-20(22)9-10-23(21)29-15-19-5-4-12-28-19/h5-8,11,16,18,24H,9-10,12-15H2,1-4H3;2*3-4,6-8,11-13,16,23,29H,5,9-10,15H2,1-2H3/t24-;2*23-/m110/s1. The lowest BCUT2D eigenvalue weighted by atomic mass is 10.0. The Balaban J connectivity index is 0.000000143. The zero-order valence-corrected chi connectivity index (χ0v) is 60.6. The molecule has 9 aromatic rings. The van der Waals surface area contributed by atoms with Crippen molar-refractivity contribution in [1.82, 2.24) is 46.1 Å². The first-order valence-electron chi connectivity index (χ1n) is 34.4. The Kier molecular flexibility index (Phi) is 23.8. The second-order valence-electron chi connectivity index (χ2n) is 25.9. The smallest absolute Gasteiger partial charge is 0.148 e. The summed E-state index contributed by atoms with van der Waals surface area (Å²) in [6.45, 7) is 16.5. The number of hydrogen-bond donors (Lipinski definition) is 2. The van der Waals surface area contributed by atoms with Gasteiger partial charge >= 0.3 is 0 Å². The molecule has 0 saturated carbocycles. The highest BCUT2D eigenvalue weighted by Crippen LogP contribution is 2.45. The van der Waals surface area contributed by atoms with Gasteiger partial charge in [0.2, 0.25) is 0 Å². The van der Waals surface area contributed by atoms with Crippen molar-refractivity contribution in [2.45, 2.75) is 129 Å². The summed E-state index contributed by atoms with van der Waals surface area (Å²) in [5.41, 5.74) is 18.1. The highest BCUT2D eigenvalue weighted by molar-refractivity contribution is 7.18. The summed E-state index contributed by atoms with van der Waals surface area (Å²) in [7, 11) is 3.49. The van der Waals surface area contributed by atoms with Crippen molar-refractivity contribution in [1.29, 1.82) is 15.8 Å². The van der Waals surface area contributed by atoms with Crippen LogP contribution in [0.25, 0.3) is 63.4 Å². The molecule has 3 aliphatic carbocycles. The zero-order chi connectivity index (χ0) is 70.4. The summed E-state index contributed by atoms with van der Waals surface area (Å²) in [4.78, 5) is 11.3. The number of hydrogen-bond acceptors (Lipinski definition) is 22. The van der Waals surface area contributed by atoms with Crippen LogP contribution in [0.5, 0.6) is 17.2 Å². The summed E-state index contributed by atoms with van der Waals surface area (Å²) in [6.07, 6.45) is 16.1. The first-order chi connectivity index (χ1) is 49.3. The summed E-state index contributed by atoms with van der Waals surface area (Å²) >= 11 is 4.67. The molecule has 101 heavy (non-hydrogen) atoms. The van der Waals surface area contributed by atoms with Crippen molar-refractivity contribution < 1.29 is 23.7 Å². The van der Waals surface area contributed by atoms with Gasteiger partial charge in [-0.2, -0.15) is 15.8 Å². The van der Waals surface area contributed by atoms with E-state index >= 15 is 0 Å². The molecule has 0 bridgehead atoms. The average Bonchev–Trinajstić information content (AvgIpc) is 1.66. The molecule has 14 rings (SSSR count). The van der Waals surface area contributed by atoms with Crippen LogP contribution in [-0.2, 0) is 28.7 Å². The Morgan fingerprint density at radius 3 is 1.17 bits per heavy atom. The monoisotopic (exact) mass is 1400 g/mol. The van der Waals surface area contributed by atoms with E-state index in [0.29, 0.717) is 65.3 Å². The summed E-state index contributed by atoms with van der Waals surface area (Å²) in [5, 5.41) is 68.1. The highest BCUT2D eigenvalue weighted by Gasteiger charge is 2.32. The summed E-state index contributed by atoms with van der Waals surface area (Å²) < 4.78 is 27.9. The Labute approximate surface area is 603 Å². The van der Waals surface area contributed by atoms with Crippen molar-refractivity contribution in [2.24, 2.45) is 9.98 Å². The van der Waals surface area contributed by atoms with E-state index < -0.39 is 0 Å². The van der Waals surface area contributed by atoms with Crippen molar-refractivity contribution in [2.75, 3.05) is 53.6 Å². The molecule has 2 N–H and O–H groups in total. The third-order valence-corrected chi connectivity index (χ3v) is 21.0. The van der Waals surface area contributed by atoms with Crippen LogP contribution in [0.1, 0.15) is 142 Å². The predicted molar refractivity (Wildman–Crippen MR) is 401 cm³/mol. The number of allylic oxidation sites excluding steroid dienone is 2. The van der Waals surface area contributed by atoms with E-state index in [9.17, 15) is 15.8 Å². The molecule has 0 amide bonds. The number of nitrogens with one attached hydrogen (secondary N) is 2. The molecule has 0 spiro atoms. The Morgan fingerprint density at radius 2 is 0.822 bits per heavy atom. The van der Waals surface area contributed by atoms with Gasteiger partial charge in [-0.1, -0.05) is 101 Å². The predicted octanol–water partition coefficient (Wildman–Crippen LogP) is 16.0. The third kappa shape index (κ3) is 17.1. The van der Waals surface area contributed by atoms with Crippen LogP contribution in [0.2, 0.25) is 0 Å². The number of nitriles is 3. The third-order valence-electron chi connectivity index (χ3n) is 18.0. The normalized spacial score (nSPS) is 16.1. The molecule has 3 atom stereocenters. The number of nitrogens with zero attached hydrogens (tertiary/aromatic N) is 12. The Morgan fingerprint density at radius 1 is 0.465 bits per heavy atom. The van der Waals surface area contributed by atoms with Crippen molar-refractivity contribution >= 4 is 45.4 Å². The minimum absolute atomic E-state index is 0.00463. The Bertz CT molecular complexity index is 4470. The van der Waals surface area contributed by atoms with Gasteiger partial charge in [0.15, 0.2) is 0 Å². The molecule has 0 fully saturated rings. The van der Waals surface area contributed by atoms with Crippen LogP contribution in [0.4, 0.5) is 0 Å². The van der Waals surface area contributed by atoms with Gasteiger partial charge in [-0.25, -0.2) is 0 Å². The fourth-order valence-electron chi connectivity index (χ4n) is 13.4. The lowest BCUT2D eigenvalue weighted by Gasteiger charge is -2.29. The van der Waals surface area contributed by atoms with Gasteiger partial charge < -0.3 is 34.3 Å². The van der Waals surface area contributed by atoms with Gasteiger partial charge in [0.25, 0.3) is 0 Å². The SMILES string of the molecule is CC(C)Oc1ccc(-c2nnc(-c3cccc4c3CC[C@@H]4NCC3=NC=CC3)s2)cc1C#N.CC(C)Oc1ccc(-c2nnc(-c3cccc4c3CC[C@H]4NCC3=NC=CC3)s2)cc1C#N.COCCN(CCOC)[C@@H]1CCc2c(-c3nnc(-c4ccc(OC(C)C)c(C#N)c4)s3)cccc21. The van der Waals surface area contributed by atoms with Crippen LogP contribution in [0, 0.1) is 34.0 Å². The minimum atomic E-state index is 0.00463. The van der Waals surface area contributed by atoms with Crippen LogP contribution >= 0.6 is 34.0 Å². The fourth-order valence-corrected chi connectivity index (χ4v) is 16.0. The van der Waals surface area contributed by atoms with E-state index in [-0.39, 0.29) is 18.3 Å². The second-order valence-corrected chi connectivity index (χ2v) is 28.8. The molecule has 516 valence electrons. The molecular formula is C79H82N14O5S3. The van der Waals surface area contributed by atoms with E-state index in [1.54, 1.807) is 48.2 Å². The molecule has 5 aliphatic rings. The quantitative estimate of drug-likeness (QED) is 0.0540. The van der Waals surface area contributed by atoms with Gasteiger partial charge in [0.1, 0.15) is 65.5 Å². The van der Waals surface area contributed by atoms with Gasteiger partial charge in [0.05, 0.1) is 48.2 Å². The molecule has 19 nitrogen and oxygen atoms in total. The molecular weight excluding hydrogens is 1320 g/mol. The van der Waals surface area contributed by atoms with Gasteiger partial charge in [-0.05, 0) is 168 Å². The molecule has 2 aliphatic heterocycles. The average molecular weight is 1400 g/mol. The van der Waals surface area contributed by atoms with Crippen molar-refractivity contribution in [3.05, 3.63) is 184 Å². The number of aromatic nitrogens is 6. The zero-order valence-electron chi connectivity index (χ0n) is 58.2. The molecule has 0 saturated heterocycles. The van der Waals surface area contributed by atoms with Crippen molar-refractivity contribution in [3.63, 3.8) is 0 Å². The van der Waals surface area contributed by atoms with E-state index in [0.717, 1.165) is 141 Å². The van der Waals surface area contributed by atoms with Gasteiger partial charge in [0, 0.05) is 129 Å².